The van der Waals surface area contributed by atoms with Gasteiger partial charge >= 0.3 is 0 Å². The van der Waals surface area contributed by atoms with Crippen LogP contribution in [0.15, 0.2) is 10.7 Å². The molecule has 0 amide bonds. The Balaban J connectivity index is 2.86. The van der Waals surface area contributed by atoms with Crippen LogP contribution in [0.3, 0.4) is 0 Å². The molecule has 0 spiro atoms. The number of methoxy groups -OCH3 is 1. The van der Waals surface area contributed by atoms with Crippen LogP contribution in [0.5, 0.6) is 5.88 Å². The SMILES string of the molecule is COc1ncc2c(C#N)c(C)[nH]c2c1Br. The van der Waals surface area contributed by atoms with E-state index in [9.17, 15) is 0 Å². The zero-order valence-corrected chi connectivity index (χ0v) is 9.84. The van der Waals surface area contributed by atoms with Crippen molar-refractivity contribution in [3.63, 3.8) is 0 Å². The van der Waals surface area contributed by atoms with Gasteiger partial charge in [0.05, 0.1) is 18.2 Å². The summed E-state index contributed by atoms with van der Waals surface area (Å²) in [7, 11) is 1.56. The van der Waals surface area contributed by atoms with Gasteiger partial charge in [0.2, 0.25) is 5.88 Å². The van der Waals surface area contributed by atoms with Crippen molar-refractivity contribution in [3.05, 3.63) is 21.9 Å². The van der Waals surface area contributed by atoms with Crippen LogP contribution in [0.4, 0.5) is 0 Å². The summed E-state index contributed by atoms with van der Waals surface area (Å²) in [5.74, 6) is 0.508. The lowest BCUT2D eigenvalue weighted by molar-refractivity contribution is 0.396. The molecule has 5 heteroatoms. The van der Waals surface area contributed by atoms with E-state index in [1.165, 1.54) is 0 Å². The number of H-pyrrole nitrogens is 1. The molecule has 76 valence electrons. The highest BCUT2D eigenvalue weighted by molar-refractivity contribution is 9.10. The first-order valence-corrected chi connectivity index (χ1v) is 5.09. The van der Waals surface area contributed by atoms with Gasteiger partial charge in [-0.05, 0) is 22.9 Å². The van der Waals surface area contributed by atoms with Crippen LogP contribution in [-0.4, -0.2) is 17.1 Å². The van der Waals surface area contributed by atoms with Crippen LogP contribution in [0.1, 0.15) is 11.3 Å². The summed E-state index contributed by atoms with van der Waals surface area (Å²) in [6, 6.07) is 2.15. The fourth-order valence-corrected chi connectivity index (χ4v) is 2.10. The fraction of sp³-hybridized carbons (Fsp3) is 0.200. The molecule has 15 heavy (non-hydrogen) atoms. The number of rotatable bonds is 1. The van der Waals surface area contributed by atoms with Crippen LogP contribution in [0.2, 0.25) is 0 Å². The highest BCUT2D eigenvalue weighted by Crippen LogP contribution is 2.32. The lowest BCUT2D eigenvalue weighted by atomic mass is 10.2. The van der Waals surface area contributed by atoms with Gasteiger partial charge in [-0.25, -0.2) is 4.98 Å². The van der Waals surface area contributed by atoms with Gasteiger partial charge in [0.25, 0.3) is 0 Å². The van der Waals surface area contributed by atoms with E-state index in [4.69, 9.17) is 10.00 Å². The predicted molar refractivity (Wildman–Crippen MR) is 59.8 cm³/mol. The van der Waals surface area contributed by atoms with E-state index in [-0.39, 0.29) is 0 Å². The lowest BCUT2D eigenvalue weighted by Crippen LogP contribution is -1.88. The van der Waals surface area contributed by atoms with Gasteiger partial charge in [-0.3, -0.25) is 0 Å². The van der Waals surface area contributed by atoms with Gasteiger partial charge in [0.1, 0.15) is 10.5 Å². The maximum atomic E-state index is 8.98. The van der Waals surface area contributed by atoms with E-state index in [0.717, 1.165) is 21.1 Å². The molecule has 1 N–H and O–H groups in total. The Morgan fingerprint density at radius 1 is 1.60 bits per heavy atom. The van der Waals surface area contributed by atoms with Crippen LogP contribution in [-0.2, 0) is 0 Å². The van der Waals surface area contributed by atoms with E-state index in [1.807, 2.05) is 6.92 Å². The summed E-state index contributed by atoms with van der Waals surface area (Å²) >= 11 is 3.39. The monoisotopic (exact) mass is 265 g/mol. The topological polar surface area (TPSA) is 61.7 Å². The van der Waals surface area contributed by atoms with Crippen molar-refractivity contribution in [2.24, 2.45) is 0 Å². The van der Waals surface area contributed by atoms with Gasteiger partial charge in [0, 0.05) is 17.3 Å². The number of hydrogen-bond acceptors (Lipinski definition) is 3. The number of nitrogens with one attached hydrogen (secondary N) is 1. The van der Waals surface area contributed by atoms with Crippen molar-refractivity contribution in [2.75, 3.05) is 7.11 Å². The smallest absolute Gasteiger partial charge is 0.229 e. The van der Waals surface area contributed by atoms with Crippen LogP contribution in [0.25, 0.3) is 10.9 Å². The van der Waals surface area contributed by atoms with Crippen molar-refractivity contribution >= 4 is 26.8 Å². The number of halogens is 1. The molecular formula is C10H8BrN3O. The molecule has 0 aliphatic heterocycles. The number of nitriles is 1. The molecule has 0 fully saturated rings. The van der Waals surface area contributed by atoms with Crippen molar-refractivity contribution in [1.82, 2.24) is 9.97 Å². The molecule has 0 aromatic carbocycles. The average molecular weight is 266 g/mol. The second-order valence-corrected chi connectivity index (χ2v) is 3.90. The number of aromatic nitrogens is 2. The van der Waals surface area contributed by atoms with Crippen molar-refractivity contribution < 1.29 is 4.74 Å². The molecule has 0 radical (unpaired) electrons. The number of fused-ring (bicyclic) bond motifs is 1. The number of nitrogens with zero attached hydrogens (tertiary/aromatic N) is 2. The fourth-order valence-electron chi connectivity index (χ4n) is 1.52. The van der Waals surface area contributed by atoms with Crippen LogP contribution < -0.4 is 4.74 Å². The Morgan fingerprint density at radius 3 is 2.93 bits per heavy atom. The van der Waals surface area contributed by atoms with Crippen molar-refractivity contribution in [1.29, 1.82) is 5.26 Å². The summed E-state index contributed by atoms with van der Waals surface area (Å²) in [6.45, 7) is 1.86. The minimum absolute atomic E-state index is 0.508. The highest BCUT2D eigenvalue weighted by atomic mass is 79.9. The van der Waals surface area contributed by atoms with E-state index < -0.39 is 0 Å². The van der Waals surface area contributed by atoms with E-state index >= 15 is 0 Å². The van der Waals surface area contributed by atoms with E-state index in [1.54, 1.807) is 13.3 Å². The summed E-state index contributed by atoms with van der Waals surface area (Å²) in [6.07, 6.45) is 1.64. The van der Waals surface area contributed by atoms with E-state index in [0.29, 0.717) is 11.4 Å². The Bertz CT molecular complexity index is 568. The Morgan fingerprint density at radius 2 is 2.33 bits per heavy atom. The molecule has 2 aromatic rings. The Kier molecular flexibility index (Phi) is 2.37. The van der Waals surface area contributed by atoms with Crippen LogP contribution >= 0.6 is 15.9 Å². The van der Waals surface area contributed by atoms with Gasteiger partial charge < -0.3 is 9.72 Å². The standard InChI is InChI=1S/C10H8BrN3O/c1-5-6(3-12)7-4-13-10(15-2)8(11)9(7)14-5/h4,14H,1-2H3. The molecule has 2 aromatic heterocycles. The third-order valence-electron chi connectivity index (χ3n) is 2.25. The third-order valence-corrected chi connectivity index (χ3v) is 2.99. The van der Waals surface area contributed by atoms with Crippen LogP contribution in [0, 0.1) is 18.3 Å². The molecule has 0 unspecified atom stereocenters. The number of aryl methyl sites for hydroxylation is 1. The number of ether oxygens (including phenoxy) is 1. The molecule has 0 bridgehead atoms. The highest BCUT2D eigenvalue weighted by Gasteiger charge is 2.14. The average Bonchev–Trinajstić information content (AvgIpc) is 2.56. The van der Waals surface area contributed by atoms with Crippen molar-refractivity contribution in [3.8, 4) is 11.9 Å². The molecule has 2 heterocycles. The second-order valence-electron chi connectivity index (χ2n) is 3.11. The number of aromatic amines is 1. The van der Waals surface area contributed by atoms with E-state index in [2.05, 4.69) is 32.0 Å². The quantitative estimate of drug-likeness (QED) is 0.862. The van der Waals surface area contributed by atoms with Gasteiger partial charge in [0.15, 0.2) is 0 Å². The lowest BCUT2D eigenvalue weighted by Gasteiger charge is -2.01. The molecule has 0 saturated heterocycles. The van der Waals surface area contributed by atoms with Crippen molar-refractivity contribution in [2.45, 2.75) is 6.92 Å². The summed E-state index contributed by atoms with van der Waals surface area (Å²) < 4.78 is 5.82. The summed E-state index contributed by atoms with van der Waals surface area (Å²) in [5.41, 5.74) is 2.31. The molecule has 0 aliphatic rings. The first kappa shape index (κ1) is 9.99. The molecule has 0 saturated carbocycles. The predicted octanol–water partition coefficient (Wildman–Crippen LogP) is 2.51. The minimum atomic E-state index is 0.508. The molecule has 0 aliphatic carbocycles. The van der Waals surface area contributed by atoms with Gasteiger partial charge in [-0.15, -0.1) is 0 Å². The molecule has 2 rings (SSSR count). The maximum Gasteiger partial charge on any atom is 0.229 e. The summed E-state index contributed by atoms with van der Waals surface area (Å²) in [4.78, 5) is 7.24. The molecule has 4 nitrogen and oxygen atoms in total. The Labute approximate surface area is 95.0 Å². The second kappa shape index (κ2) is 3.55. The third kappa shape index (κ3) is 1.38. The Hall–Kier alpha value is -1.54. The zero-order chi connectivity index (χ0) is 11.0. The number of hydrogen-bond donors (Lipinski definition) is 1. The zero-order valence-electron chi connectivity index (χ0n) is 8.26. The largest absolute Gasteiger partial charge is 0.480 e. The first-order valence-electron chi connectivity index (χ1n) is 4.30. The normalized spacial score (nSPS) is 10.3. The minimum Gasteiger partial charge on any atom is -0.480 e. The summed E-state index contributed by atoms with van der Waals surface area (Å²) in [5, 5.41) is 9.79. The molecule has 0 atom stereocenters. The van der Waals surface area contributed by atoms with Gasteiger partial charge in [-0.1, -0.05) is 0 Å². The number of pyridine rings is 1. The maximum absolute atomic E-state index is 8.98. The van der Waals surface area contributed by atoms with Gasteiger partial charge in [-0.2, -0.15) is 5.26 Å². The first-order chi connectivity index (χ1) is 7.19. The molecular weight excluding hydrogens is 258 g/mol.